The van der Waals surface area contributed by atoms with E-state index in [1.807, 2.05) is 6.07 Å². The SMILES string of the molecule is CN=C(NCCN1CCCC(C)C1)NCc1ccc(F)c(C)c1.I. The van der Waals surface area contributed by atoms with Gasteiger partial charge in [-0.3, -0.25) is 4.99 Å². The molecule has 24 heavy (non-hydrogen) atoms. The minimum atomic E-state index is -0.160. The Kier molecular flexibility index (Phi) is 9.58. The van der Waals surface area contributed by atoms with E-state index >= 15 is 0 Å². The monoisotopic (exact) mass is 448 g/mol. The molecule has 1 aromatic rings. The lowest BCUT2D eigenvalue weighted by atomic mass is 10.0. The third-order valence-corrected chi connectivity index (χ3v) is 4.37. The number of benzene rings is 1. The van der Waals surface area contributed by atoms with Crippen molar-refractivity contribution in [3.8, 4) is 0 Å². The second kappa shape index (κ2) is 10.9. The van der Waals surface area contributed by atoms with Gasteiger partial charge in [0.1, 0.15) is 5.82 Å². The van der Waals surface area contributed by atoms with Crippen LogP contribution in [0, 0.1) is 18.7 Å². The summed E-state index contributed by atoms with van der Waals surface area (Å²) < 4.78 is 13.3. The van der Waals surface area contributed by atoms with Crippen molar-refractivity contribution in [2.45, 2.75) is 33.2 Å². The molecule has 0 saturated carbocycles. The fraction of sp³-hybridized carbons (Fsp3) is 0.611. The lowest BCUT2D eigenvalue weighted by Crippen LogP contribution is -2.43. The van der Waals surface area contributed by atoms with Crippen LogP contribution in [0.1, 0.15) is 30.9 Å². The number of piperidine rings is 1. The molecule has 1 atom stereocenters. The van der Waals surface area contributed by atoms with Gasteiger partial charge in [0.05, 0.1) is 0 Å². The van der Waals surface area contributed by atoms with E-state index in [4.69, 9.17) is 0 Å². The molecule has 0 aromatic heterocycles. The van der Waals surface area contributed by atoms with Gasteiger partial charge < -0.3 is 15.5 Å². The van der Waals surface area contributed by atoms with Crippen LogP contribution in [-0.4, -0.2) is 44.1 Å². The number of nitrogens with zero attached hydrogens (tertiary/aromatic N) is 2. The van der Waals surface area contributed by atoms with Crippen LogP contribution in [0.25, 0.3) is 0 Å². The summed E-state index contributed by atoms with van der Waals surface area (Å²) in [6, 6.07) is 5.18. The molecular formula is C18H30FIN4. The molecular weight excluding hydrogens is 418 g/mol. The van der Waals surface area contributed by atoms with Crippen LogP contribution in [0.3, 0.4) is 0 Å². The lowest BCUT2D eigenvalue weighted by Gasteiger charge is -2.30. The molecule has 6 heteroatoms. The quantitative estimate of drug-likeness (QED) is 0.413. The number of aryl methyl sites for hydroxylation is 1. The fourth-order valence-electron chi connectivity index (χ4n) is 3.05. The molecule has 2 rings (SSSR count). The van der Waals surface area contributed by atoms with Crippen molar-refractivity contribution < 1.29 is 4.39 Å². The van der Waals surface area contributed by atoms with Gasteiger partial charge >= 0.3 is 0 Å². The summed E-state index contributed by atoms with van der Waals surface area (Å²) in [5, 5.41) is 6.63. The standard InChI is InChI=1S/C18H29FN4.HI/c1-14-5-4-9-23(13-14)10-8-21-18(20-3)22-12-16-6-7-17(19)15(2)11-16;/h6-7,11,14H,4-5,8-10,12-13H2,1-3H3,(H2,20,21,22);1H. The Hall–Kier alpha value is -0.890. The molecule has 0 aliphatic carbocycles. The molecule has 0 spiro atoms. The number of hydrogen-bond donors (Lipinski definition) is 2. The van der Waals surface area contributed by atoms with E-state index in [0.717, 1.165) is 30.5 Å². The smallest absolute Gasteiger partial charge is 0.191 e. The number of rotatable bonds is 5. The van der Waals surface area contributed by atoms with Crippen molar-refractivity contribution >= 4 is 29.9 Å². The summed E-state index contributed by atoms with van der Waals surface area (Å²) in [7, 11) is 1.77. The first kappa shape index (κ1) is 21.2. The van der Waals surface area contributed by atoms with Crippen molar-refractivity contribution in [2.75, 3.05) is 33.2 Å². The van der Waals surface area contributed by atoms with Crippen molar-refractivity contribution in [3.05, 3.63) is 35.1 Å². The summed E-state index contributed by atoms with van der Waals surface area (Å²) >= 11 is 0. The first-order valence-electron chi connectivity index (χ1n) is 8.50. The molecule has 2 N–H and O–H groups in total. The highest BCUT2D eigenvalue weighted by Gasteiger charge is 2.15. The van der Waals surface area contributed by atoms with E-state index in [1.54, 1.807) is 20.0 Å². The third kappa shape index (κ3) is 6.93. The van der Waals surface area contributed by atoms with Gasteiger partial charge in [0.25, 0.3) is 0 Å². The average molecular weight is 448 g/mol. The van der Waals surface area contributed by atoms with Crippen LogP contribution in [-0.2, 0) is 6.54 Å². The topological polar surface area (TPSA) is 39.7 Å². The van der Waals surface area contributed by atoms with Crippen molar-refractivity contribution in [2.24, 2.45) is 10.9 Å². The Balaban J connectivity index is 0.00000288. The molecule has 1 aromatic carbocycles. The zero-order chi connectivity index (χ0) is 16.7. The van der Waals surface area contributed by atoms with Gasteiger partial charge in [-0.1, -0.05) is 19.1 Å². The highest BCUT2D eigenvalue weighted by atomic mass is 127. The van der Waals surface area contributed by atoms with Crippen molar-refractivity contribution in [1.82, 2.24) is 15.5 Å². The first-order chi connectivity index (χ1) is 11.1. The third-order valence-electron chi connectivity index (χ3n) is 4.37. The van der Waals surface area contributed by atoms with E-state index in [1.165, 1.54) is 32.0 Å². The van der Waals surface area contributed by atoms with E-state index in [2.05, 4.69) is 27.4 Å². The number of likely N-dealkylation sites (tertiary alicyclic amines) is 1. The molecule has 4 nitrogen and oxygen atoms in total. The largest absolute Gasteiger partial charge is 0.355 e. The first-order valence-corrected chi connectivity index (χ1v) is 8.50. The Morgan fingerprint density at radius 2 is 2.17 bits per heavy atom. The highest BCUT2D eigenvalue weighted by molar-refractivity contribution is 14.0. The van der Waals surface area contributed by atoms with E-state index in [-0.39, 0.29) is 29.8 Å². The summed E-state index contributed by atoms with van der Waals surface area (Å²) in [5.41, 5.74) is 1.73. The number of hydrogen-bond acceptors (Lipinski definition) is 2. The predicted molar refractivity (Wildman–Crippen MR) is 110 cm³/mol. The molecule has 1 aliphatic heterocycles. The highest BCUT2D eigenvalue weighted by Crippen LogP contribution is 2.14. The summed E-state index contributed by atoms with van der Waals surface area (Å²) in [6.07, 6.45) is 2.66. The summed E-state index contributed by atoms with van der Waals surface area (Å²) in [4.78, 5) is 6.75. The zero-order valence-electron chi connectivity index (χ0n) is 14.9. The molecule has 136 valence electrons. The van der Waals surface area contributed by atoms with Crippen LogP contribution in [0.2, 0.25) is 0 Å². The molecule has 1 heterocycles. The minimum absolute atomic E-state index is 0. The Morgan fingerprint density at radius 3 is 2.83 bits per heavy atom. The summed E-state index contributed by atoms with van der Waals surface area (Å²) in [6.45, 7) is 9.07. The molecule has 0 amide bonds. The van der Waals surface area contributed by atoms with Crippen LogP contribution < -0.4 is 10.6 Å². The average Bonchev–Trinajstić information content (AvgIpc) is 2.54. The second-order valence-corrected chi connectivity index (χ2v) is 6.48. The maximum Gasteiger partial charge on any atom is 0.191 e. The molecule has 1 unspecified atom stereocenters. The maximum absolute atomic E-state index is 13.3. The van der Waals surface area contributed by atoms with Crippen LogP contribution in [0.5, 0.6) is 0 Å². The van der Waals surface area contributed by atoms with E-state index in [9.17, 15) is 4.39 Å². The molecule has 0 bridgehead atoms. The zero-order valence-corrected chi connectivity index (χ0v) is 17.3. The van der Waals surface area contributed by atoms with Crippen LogP contribution >= 0.6 is 24.0 Å². The van der Waals surface area contributed by atoms with E-state index in [0.29, 0.717) is 12.1 Å². The van der Waals surface area contributed by atoms with Gasteiger partial charge in [0.2, 0.25) is 0 Å². The molecule has 1 saturated heterocycles. The van der Waals surface area contributed by atoms with Gasteiger partial charge in [-0.2, -0.15) is 0 Å². The maximum atomic E-state index is 13.3. The lowest BCUT2D eigenvalue weighted by molar-refractivity contribution is 0.187. The van der Waals surface area contributed by atoms with Crippen LogP contribution in [0.4, 0.5) is 4.39 Å². The Bertz CT molecular complexity index is 536. The van der Waals surface area contributed by atoms with Gasteiger partial charge in [-0.25, -0.2) is 4.39 Å². The summed E-state index contributed by atoms with van der Waals surface area (Å²) in [5.74, 6) is 1.44. The second-order valence-electron chi connectivity index (χ2n) is 6.48. The number of halogens is 2. The molecule has 1 aliphatic rings. The van der Waals surface area contributed by atoms with Crippen LogP contribution in [0.15, 0.2) is 23.2 Å². The number of aliphatic imine (C=N–C) groups is 1. The number of nitrogens with one attached hydrogen (secondary N) is 2. The van der Waals surface area contributed by atoms with Crippen molar-refractivity contribution in [3.63, 3.8) is 0 Å². The normalized spacial score (nSPS) is 18.8. The number of guanidine groups is 1. The molecule has 1 fully saturated rings. The minimum Gasteiger partial charge on any atom is -0.355 e. The predicted octanol–water partition coefficient (Wildman–Crippen LogP) is 3.15. The Labute approximate surface area is 162 Å². The Morgan fingerprint density at radius 1 is 1.38 bits per heavy atom. The van der Waals surface area contributed by atoms with Gasteiger partial charge in [0.15, 0.2) is 5.96 Å². The van der Waals surface area contributed by atoms with Crippen molar-refractivity contribution in [1.29, 1.82) is 0 Å². The van der Waals surface area contributed by atoms with Gasteiger partial charge in [0, 0.05) is 33.2 Å². The van der Waals surface area contributed by atoms with Gasteiger partial charge in [-0.15, -0.1) is 24.0 Å². The fourth-order valence-corrected chi connectivity index (χ4v) is 3.05. The van der Waals surface area contributed by atoms with E-state index < -0.39 is 0 Å². The molecule has 0 radical (unpaired) electrons. The van der Waals surface area contributed by atoms with Gasteiger partial charge in [-0.05, 0) is 49.4 Å².